The molecule has 1 unspecified atom stereocenters. The van der Waals surface area contributed by atoms with Gasteiger partial charge in [0, 0.05) is 6.54 Å². The van der Waals surface area contributed by atoms with Crippen LogP contribution in [-0.2, 0) is 11.3 Å². The standard InChI is InChI=1S/C20H25NO3/c1-16(19-11-7-4-8-12-19)13-21(17(2)14-22)20(23)24-15-18-9-5-3-6-10-18/h3-12,16-17,22H,13-15H2,1-2H3/t16?,17-/m0/s1. The van der Waals surface area contributed by atoms with Crippen LogP contribution in [0.3, 0.4) is 0 Å². The summed E-state index contributed by atoms with van der Waals surface area (Å²) in [5.41, 5.74) is 2.10. The van der Waals surface area contributed by atoms with Crippen LogP contribution in [0.4, 0.5) is 4.79 Å². The van der Waals surface area contributed by atoms with Crippen LogP contribution in [0.15, 0.2) is 60.7 Å². The first-order chi connectivity index (χ1) is 11.6. The van der Waals surface area contributed by atoms with Crippen LogP contribution in [0.25, 0.3) is 0 Å². The second-order valence-electron chi connectivity index (χ2n) is 6.04. The van der Waals surface area contributed by atoms with Crippen molar-refractivity contribution < 1.29 is 14.6 Å². The summed E-state index contributed by atoms with van der Waals surface area (Å²) in [6.07, 6.45) is -0.400. The molecule has 4 nitrogen and oxygen atoms in total. The number of amides is 1. The number of benzene rings is 2. The Labute approximate surface area is 143 Å². The number of ether oxygens (including phenoxy) is 1. The predicted octanol–water partition coefficient (Wildman–Crippen LogP) is 3.81. The molecule has 2 aromatic rings. The third-order valence-electron chi connectivity index (χ3n) is 4.08. The van der Waals surface area contributed by atoms with Crippen molar-refractivity contribution in [2.45, 2.75) is 32.4 Å². The third-order valence-corrected chi connectivity index (χ3v) is 4.08. The molecule has 0 spiro atoms. The fourth-order valence-corrected chi connectivity index (χ4v) is 2.52. The lowest BCUT2D eigenvalue weighted by atomic mass is 10.0. The summed E-state index contributed by atoms with van der Waals surface area (Å²) in [5, 5.41) is 9.47. The lowest BCUT2D eigenvalue weighted by Gasteiger charge is -2.30. The van der Waals surface area contributed by atoms with Crippen LogP contribution in [0, 0.1) is 0 Å². The van der Waals surface area contributed by atoms with Gasteiger partial charge in [-0.15, -0.1) is 0 Å². The maximum atomic E-state index is 12.5. The van der Waals surface area contributed by atoms with Crippen LogP contribution in [0.1, 0.15) is 30.9 Å². The third kappa shape index (κ3) is 5.10. The minimum atomic E-state index is -0.400. The molecule has 2 aromatic carbocycles. The second-order valence-corrected chi connectivity index (χ2v) is 6.04. The first-order valence-electron chi connectivity index (χ1n) is 8.25. The van der Waals surface area contributed by atoms with Crippen molar-refractivity contribution in [2.24, 2.45) is 0 Å². The van der Waals surface area contributed by atoms with Gasteiger partial charge in [-0.3, -0.25) is 0 Å². The monoisotopic (exact) mass is 327 g/mol. The number of rotatable bonds is 7. The SMILES string of the molecule is CC(CN(C(=O)OCc1ccccc1)[C@@H](C)CO)c1ccccc1. The van der Waals surface area contributed by atoms with Gasteiger partial charge >= 0.3 is 6.09 Å². The molecule has 0 aliphatic rings. The average molecular weight is 327 g/mol. The van der Waals surface area contributed by atoms with Gasteiger partial charge in [-0.05, 0) is 24.0 Å². The van der Waals surface area contributed by atoms with Crippen molar-refractivity contribution in [1.82, 2.24) is 4.90 Å². The van der Waals surface area contributed by atoms with E-state index in [1.165, 1.54) is 0 Å². The molecule has 0 aromatic heterocycles. The number of carbonyl (C=O) groups excluding carboxylic acids is 1. The molecule has 0 saturated carbocycles. The van der Waals surface area contributed by atoms with Gasteiger partial charge in [0.2, 0.25) is 0 Å². The van der Waals surface area contributed by atoms with Gasteiger partial charge in [-0.25, -0.2) is 4.79 Å². The number of nitrogens with zero attached hydrogens (tertiary/aromatic N) is 1. The molecule has 2 atom stereocenters. The molecule has 4 heteroatoms. The Kier molecular flexibility index (Phi) is 6.82. The summed E-state index contributed by atoms with van der Waals surface area (Å²) in [4.78, 5) is 14.1. The Bertz CT molecular complexity index is 615. The van der Waals surface area contributed by atoms with Crippen molar-refractivity contribution in [3.63, 3.8) is 0 Å². The largest absolute Gasteiger partial charge is 0.445 e. The number of aliphatic hydroxyl groups is 1. The van der Waals surface area contributed by atoms with Gasteiger partial charge < -0.3 is 14.7 Å². The number of carbonyl (C=O) groups is 1. The van der Waals surface area contributed by atoms with Crippen molar-refractivity contribution >= 4 is 6.09 Å². The van der Waals surface area contributed by atoms with E-state index in [9.17, 15) is 9.90 Å². The molecule has 0 aliphatic carbocycles. The van der Waals surface area contributed by atoms with Crippen molar-refractivity contribution in [1.29, 1.82) is 0 Å². The highest BCUT2D eigenvalue weighted by molar-refractivity contribution is 5.68. The Balaban J connectivity index is 2.00. The van der Waals surface area contributed by atoms with E-state index in [4.69, 9.17) is 4.74 Å². The van der Waals surface area contributed by atoms with Gasteiger partial charge in [0.15, 0.2) is 0 Å². The van der Waals surface area contributed by atoms with E-state index in [0.717, 1.165) is 11.1 Å². The Morgan fingerprint density at radius 3 is 2.21 bits per heavy atom. The second kappa shape index (κ2) is 9.08. The lowest BCUT2D eigenvalue weighted by Crippen LogP contribution is -2.43. The van der Waals surface area contributed by atoms with E-state index in [1.807, 2.05) is 67.6 Å². The zero-order valence-corrected chi connectivity index (χ0v) is 14.3. The highest BCUT2D eigenvalue weighted by Crippen LogP contribution is 2.18. The predicted molar refractivity (Wildman–Crippen MR) is 94.7 cm³/mol. The molecule has 1 N–H and O–H groups in total. The van der Waals surface area contributed by atoms with E-state index >= 15 is 0 Å². The minimum absolute atomic E-state index is 0.0953. The van der Waals surface area contributed by atoms with Crippen LogP contribution < -0.4 is 0 Å². The van der Waals surface area contributed by atoms with Gasteiger partial charge in [0.1, 0.15) is 6.61 Å². The first kappa shape index (κ1) is 18.0. The maximum absolute atomic E-state index is 12.5. The molecular weight excluding hydrogens is 302 g/mol. The molecule has 0 aliphatic heterocycles. The lowest BCUT2D eigenvalue weighted by molar-refractivity contribution is 0.0665. The molecule has 0 bridgehead atoms. The summed E-state index contributed by atoms with van der Waals surface area (Å²) in [5.74, 6) is 0.157. The molecule has 0 fully saturated rings. The summed E-state index contributed by atoms with van der Waals surface area (Å²) >= 11 is 0. The zero-order chi connectivity index (χ0) is 17.4. The summed E-state index contributed by atoms with van der Waals surface area (Å²) in [6.45, 7) is 4.52. The molecule has 24 heavy (non-hydrogen) atoms. The van der Waals surface area contributed by atoms with E-state index in [-0.39, 0.29) is 25.2 Å². The molecule has 0 saturated heterocycles. The van der Waals surface area contributed by atoms with Crippen molar-refractivity contribution in [3.05, 3.63) is 71.8 Å². The van der Waals surface area contributed by atoms with Crippen LogP contribution in [-0.4, -0.2) is 35.3 Å². The number of hydrogen-bond donors (Lipinski definition) is 1. The minimum Gasteiger partial charge on any atom is -0.445 e. The van der Waals surface area contributed by atoms with Gasteiger partial charge in [-0.2, -0.15) is 0 Å². The molecule has 0 heterocycles. The summed E-state index contributed by atoms with van der Waals surface area (Å²) < 4.78 is 5.43. The van der Waals surface area contributed by atoms with E-state index in [2.05, 4.69) is 6.92 Å². The van der Waals surface area contributed by atoms with Gasteiger partial charge in [-0.1, -0.05) is 67.6 Å². The van der Waals surface area contributed by atoms with Crippen molar-refractivity contribution in [2.75, 3.05) is 13.2 Å². The van der Waals surface area contributed by atoms with Crippen LogP contribution in [0.2, 0.25) is 0 Å². The van der Waals surface area contributed by atoms with Crippen LogP contribution in [0.5, 0.6) is 0 Å². The van der Waals surface area contributed by atoms with Gasteiger partial charge in [0.05, 0.1) is 12.6 Å². The topological polar surface area (TPSA) is 49.8 Å². The fourth-order valence-electron chi connectivity index (χ4n) is 2.52. The fraction of sp³-hybridized carbons (Fsp3) is 0.350. The molecule has 0 radical (unpaired) electrons. The highest BCUT2D eigenvalue weighted by Gasteiger charge is 2.23. The average Bonchev–Trinajstić information content (AvgIpc) is 2.65. The number of aliphatic hydroxyl groups excluding tert-OH is 1. The van der Waals surface area contributed by atoms with Gasteiger partial charge in [0.25, 0.3) is 0 Å². The Morgan fingerprint density at radius 1 is 1.04 bits per heavy atom. The quantitative estimate of drug-likeness (QED) is 0.841. The van der Waals surface area contributed by atoms with E-state index in [1.54, 1.807) is 4.90 Å². The first-order valence-corrected chi connectivity index (χ1v) is 8.25. The van der Waals surface area contributed by atoms with Crippen molar-refractivity contribution in [3.8, 4) is 0 Å². The molecule has 2 rings (SSSR count). The maximum Gasteiger partial charge on any atom is 0.410 e. The summed E-state index contributed by atoms with van der Waals surface area (Å²) in [7, 11) is 0. The summed E-state index contributed by atoms with van der Waals surface area (Å²) in [6, 6.07) is 19.3. The van der Waals surface area contributed by atoms with E-state index in [0.29, 0.717) is 6.54 Å². The smallest absolute Gasteiger partial charge is 0.410 e. The number of hydrogen-bond acceptors (Lipinski definition) is 3. The van der Waals surface area contributed by atoms with Crippen LogP contribution >= 0.6 is 0 Å². The highest BCUT2D eigenvalue weighted by atomic mass is 16.6. The van der Waals surface area contributed by atoms with E-state index < -0.39 is 6.09 Å². The Hall–Kier alpha value is -2.33. The molecular formula is C20H25NO3. The molecule has 1 amide bonds. The molecule has 128 valence electrons. The zero-order valence-electron chi connectivity index (χ0n) is 14.3. The Morgan fingerprint density at radius 2 is 1.62 bits per heavy atom. The normalized spacial score (nSPS) is 13.1.